The van der Waals surface area contributed by atoms with Gasteiger partial charge in [-0.25, -0.2) is 4.79 Å². The van der Waals surface area contributed by atoms with Gasteiger partial charge in [-0.3, -0.25) is 0 Å². The quantitative estimate of drug-likeness (QED) is 0.252. The number of ether oxygens (including phenoxy) is 2. The van der Waals surface area contributed by atoms with Crippen LogP contribution in [0.2, 0.25) is 0 Å². The molecule has 3 heteroatoms. The molecule has 0 N–H and O–H groups in total. The standard InChI is InChI=1S/C24H30O3/c1-8-14-27-24(25)15-18(3)11-9-10-17(2)12-13-22-19(4)16-23(26-7)21(6)20(22)5/h8-13,15-16H,1,14H2,2-7H3. The Balaban J connectivity index is 2.85. The normalized spacial score (nSPS) is 12.7. The molecular weight excluding hydrogens is 336 g/mol. The summed E-state index contributed by atoms with van der Waals surface area (Å²) in [6, 6.07) is 2.07. The Bertz CT molecular complexity index is 805. The first-order valence-corrected chi connectivity index (χ1v) is 8.94. The van der Waals surface area contributed by atoms with E-state index in [9.17, 15) is 4.79 Å². The molecule has 3 nitrogen and oxygen atoms in total. The minimum absolute atomic E-state index is 0.222. The van der Waals surface area contributed by atoms with Crippen molar-refractivity contribution in [3.63, 3.8) is 0 Å². The number of hydrogen-bond donors (Lipinski definition) is 0. The van der Waals surface area contributed by atoms with Crippen LogP contribution in [-0.4, -0.2) is 19.7 Å². The van der Waals surface area contributed by atoms with Crippen molar-refractivity contribution in [2.45, 2.75) is 34.6 Å². The highest BCUT2D eigenvalue weighted by Gasteiger charge is 2.08. The molecule has 0 amide bonds. The van der Waals surface area contributed by atoms with E-state index in [1.807, 2.05) is 32.1 Å². The molecule has 0 fully saturated rings. The molecule has 0 radical (unpaired) electrons. The van der Waals surface area contributed by atoms with E-state index in [1.54, 1.807) is 13.2 Å². The van der Waals surface area contributed by atoms with Crippen LogP contribution in [0, 0.1) is 20.8 Å². The van der Waals surface area contributed by atoms with Gasteiger partial charge in [0.2, 0.25) is 0 Å². The third-order valence-corrected chi connectivity index (χ3v) is 4.25. The van der Waals surface area contributed by atoms with Gasteiger partial charge < -0.3 is 9.47 Å². The lowest BCUT2D eigenvalue weighted by atomic mass is 9.96. The maximum atomic E-state index is 11.5. The number of rotatable bonds is 8. The molecule has 0 aliphatic heterocycles. The average molecular weight is 367 g/mol. The second-order valence-corrected chi connectivity index (χ2v) is 6.47. The van der Waals surface area contributed by atoms with Gasteiger partial charge in [-0.05, 0) is 68.5 Å². The zero-order valence-corrected chi connectivity index (χ0v) is 17.3. The Morgan fingerprint density at radius 2 is 1.81 bits per heavy atom. The molecule has 1 aromatic carbocycles. The molecular formula is C24H30O3. The molecule has 0 spiro atoms. The molecule has 0 aliphatic rings. The van der Waals surface area contributed by atoms with Gasteiger partial charge in [0, 0.05) is 6.08 Å². The van der Waals surface area contributed by atoms with Crippen LogP contribution in [0.4, 0.5) is 0 Å². The van der Waals surface area contributed by atoms with E-state index in [4.69, 9.17) is 9.47 Å². The van der Waals surface area contributed by atoms with Gasteiger partial charge >= 0.3 is 5.97 Å². The van der Waals surface area contributed by atoms with Crippen LogP contribution in [0.25, 0.3) is 6.08 Å². The highest BCUT2D eigenvalue weighted by atomic mass is 16.5. The minimum atomic E-state index is -0.363. The van der Waals surface area contributed by atoms with E-state index in [0.717, 1.165) is 22.5 Å². The molecule has 0 bridgehead atoms. The fourth-order valence-electron chi connectivity index (χ4n) is 2.57. The summed E-state index contributed by atoms with van der Waals surface area (Å²) in [5.74, 6) is 0.560. The highest BCUT2D eigenvalue weighted by molar-refractivity contribution is 5.83. The van der Waals surface area contributed by atoms with Crippen molar-refractivity contribution in [1.29, 1.82) is 0 Å². The summed E-state index contributed by atoms with van der Waals surface area (Å²) >= 11 is 0. The molecule has 0 heterocycles. The Morgan fingerprint density at radius 3 is 2.44 bits per heavy atom. The molecule has 0 saturated carbocycles. The van der Waals surface area contributed by atoms with E-state index in [2.05, 4.69) is 45.6 Å². The average Bonchev–Trinajstić information content (AvgIpc) is 2.62. The maximum absolute atomic E-state index is 11.5. The number of carbonyl (C=O) groups is 1. The number of carbonyl (C=O) groups excluding carboxylic acids is 1. The number of methoxy groups -OCH3 is 1. The van der Waals surface area contributed by atoms with E-state index in [0.29, 0.717) is 0 Å². The summed E-state index contributed by atoms with van der Waals surface area (Å²) < 4.78 is 10.3. The molecule has 27 heavy (non-hydrogen) atoms. The Morgan fingerprint density at radius 1 is 1.11 bits per heavy atom. The van der Waals surface area contributed by atoms with Gasteiger partial charge in [0.25, 0.3) is 0 Å². The number of aryl methyl sites for hydroxylation is 1. The Kier molecular flexibility index (Phi) is 9.07. The van der Waals surface area contributed by atoms with Crippen LogP contribution in [0.3, 0.4) is 0 Å². The molecule has 0 saturated heterocycles. The Labute approximate surface area is 163 Å². The van der Waals surface area contributed by atoms with Crippen molar-refractivity contribution in [3.8, 4) is 5.75 Å². The van der Waals surface area contributed by atoms with E-state index in [-0.39, 0.29) is 12.6 Å². The smallest absolute Gasteiger partial charge is 0.331 e. The largest absolute Gasteiger partial charge is 0.496 e. The van der Waals surface area contributed by atoms with E-state index >= 15 is 0 Å². The highest BCUT2D eigenvalue weighted by Crippen LogP contribution is 2.28. The topological polar surface area (TPSA) is 35.5 Å². The lowest BCUT2D eigenvalue weighted by molar-refractivity contribution is -0.136. The summed E-state index contributed by atoms with van der Waals surface area (Å²) in [6.45, 7) is 13.9. The van der Waals surface area contributed by atoms with Gasteiger partial charge in [0.05, 0.1) is 7.11 Å². The Hall–Kier alpha value is -2.81. The zero-order chi connectivity index (χ0) is 20.4. The van der Waals surface area contributed by atoms with Crippen LogP contribution in [0.15, 0.2) is 60.2 Å². The first-order valence-electron chi connectivity index (χ1n) is 8.94. The van der Waals surface area contributed by atoms with Crippen molar-refractivity contribution in [3.05, 3.63) is 82.5 Å². The summed E-state index contributed by atoms with van der Waals surface area (Å²) in [5, 5.41) is 0. The third kappa shape index (κ3) is 7.14. The van der Waals surface area contributed by atoms with Gasteiger partial charge in [-0.2, -0.15) is 0 Å². The molecule has 0 unspecified atom stereocenters. The van der Waals surface area contributed by atoms with Gasteiger partial charge in [0.15, 0.2) is 0 Å². The van der Waals surface area contributed by atoms with Gasteiger partial charge in [0.1, 0.15) is 12.4 Å². The van der Waals surface area contributed by atoms with E-state index < -0.39 is 0 Å². The molecule has 144 valence electrons. The second kappa shape index (κ2) is 11.0. The predicted octanol–water partition coefficient (Wildman–Crippen LogP) is 5.81. The third-order valence-electron chi connectivity index (χ3n) is 4.25. The first kappa shape index (κ1) is 22.2. The second-order valence-electron chi connectivity index (χ2n) is 6.47. The monoisotopic (exact) mass is 366 g/mol. The van der Waals surface area contributed by atoms with Crippen molar-refractivity contribution >= 4 is 12.0 Å². The van der Waals surface area contributed by atoms with E-state index in [1.165, 1.54) is 22.8 Å². The molecule has 1 aromatic rings. The fourth-order valence-corrected chi connectivity index (χ4v) is 2.57. The summed E-state index contributed by atoms with van der Waals surface area (Å²) in [5.41, 5.74) is 6.73. The number of benzene rings is 1. The predicted molar refractivity (Wildman–Crippen MR) is 114 cm³/mol. The summed E-state index contributed by atoms with van der Waals surface area (Å²) in [4.78, 5) is 11.5. The fraction of sp³-hybridized carbons (Fsp3) is 0.292. The van der Waals surface area contributed by atoms with Crippen molar-refractivity contribution in [2.75, 3.05) is 13.7 Å². The maximum Gasteiger partial charge on any atom is 0.331 e. The summed E-state index contributed by atoms with van der Waals surface area (Å²) in [7, 11) is 1.70. The lowest BCUT2D eigenvalue weighted by Gasteiger charge is -2.13. The summed E-state index contributed by atoms with van der Waals surface area (Å²) in [6.07, 6.45) is 13.0. The minimum Gasteiger partial charge on any atom is -0.496 e. The number of esters is 1. The molecule has 0 aromatic heterocycles. The first-order chi connectivity index (χ1) is 12.8. The van der Waals surface area contributed by atoms with Gasteiger partial charge in [-0.1, -0.05) is 48.6 Å². The van der Waals surface area contributed by atoms with Crippen LogP contribution in [0.5, 0.6) is 5.75 Å². The van der Waals surface area contributed by atoms with Crippen molar-refractivity contribution in [2.24, 2.45) is 0 Å². The van der Waals surface area contributed by atoms with Gasteiger partial charge in [-0.15, -0.1) is 0 Å². The molecule has 0 atom stereocenters. The lowest BCUT2D eigenvalue weighted by Crippen LogP contribution is -2.00. The van der Waals surface area contributed by atoms with Crippen LogP contribution >= 0.6 is 0 Å². The number of allylic oxidation sites excluding steroid dienone is 6. The molecule has 1 rings (SSSR count). The SMILES string of the molecule is C=CCOC(=O)C=C(C)C=CC=C(C)C=Cc1c(C)cc(OC)c(C)c1C. The zero-order valence-electron chi connectivity index (χ0n) is 17.3. The van der Waals surface area contributed by atoms with Crippen molar-refractivity contribution in [1.82, 2.24) is 0 Å². The molecule has 0 aliphatic carbocycles. The number of hydrogen-bond acceptors (Lipinski definition) is 3. The van der Waals surface area contributed by atoms with Crippen LogP contribution < -0.4 is 4.74 Å². The van der Waals surface area contributed by atoms with Crippen molar-refractivity contribution < 1.29 is 14.3 Å². The van der Waals surface area contributed by atoms with Crippen LogP contribution in [0.1, 0.15) is 36.1 Å². The van der Waals surface area contributed by atoms with Crippen LogP contribution in [-0.2, 0) is 9.53 Å².